The summed E-state index contributed by atoms with van der Waals surface area (Å²) in [6, 6.07) is 0. The standard InChI is InChI=1S/4C2HF3O2.Mg/c4*3-2(4,5)1(6)7;/h4*(H,6,7);/q;;;;+2/p-2. The topological polar surface area (TPSA) is 155 Å². The minimum absolute atomic E-state index is 0. The molecule has 0 aromatic heterocycles. The van der Waals surface area contributed by atoms with Gasteiger partial charge < -0.3 is 30.0 Å². The zero-order chi connectivity index (χ0) is 24.3. The largest absolute Gasteiger partial charge is 2.00 e. The van der Waals surface area contributed by atoms with Crippen molar-refractivity contribution in [2.75, 3.05) is 0 Å². The number of carbonyl (C=O) groups excluding carboxylic acids is 2. The van der Waals surface area contributed by atoms with Crippen LogP contribution in [-0.2, 0) is 19.2 Å². The van der Waals surface area contributed by atoms with E-state index in [1.807, 2.05) is 0 Å². The summed E-state index contributed by atoms with van der Waals surface area (Å²) in [6.45, 7) is 0. The molecule has 0 aromatic carbocycles. The third-order valence-electron chi connectivity index (χ3n) is 0.948. The molecule has 168 valence electrons. The van der Waals surface area contributed by atoms with E-state index in [9.17, 15) is 52.7 Å². The molecule has 0 atom stereocenters. The van der Waals surface area contributed by atoms with Crippen LogP contribution in [0, 0.1) is 0 Å². The van der Waals surface area contributed by atoms with Gasteiger partial charge in [0.15, 0.2) is 0 Å². The second-order valence-electron chi connectivity index (χ2n) is 3.18. The average molecular weight is 478 g/mol. The van der Waals surface area contributed by atoms with Crippen LogP contribution in [0.5, 0.6) is 0 Å². The smallest absolute Gasteiger partial charge is 0.542 e. The molecule has 29 heavy (non-hydrogen) atoms. The molecule has 0 unspecified atom stereocenters. The van der Waals surface area contributed by atoms with Gasteiger partial charge in [0.1, 0.15) is 11.9 Å². The minimum atomic E-state index is -5.19. The van der Waals surface area contributed by atoms with E-state index in [4.69, 9.17) is 39.6 Å². The predicted octanol–water partition coefficient (Wildman–Crippen LogP) is -0.517. The molecule has 0 rings (SSSR count). The van der Waals surface area contributed by atoms with Crippen LogP contribution in [0.15, 0.2) is 0 Å². The zero-order valence-corrected chi connectivity index (χ0v) is 14.0. The molecule has 0 fully saturated rings. The quantitative estimate of drug-likeness (QED) is 0.348. The Morgan fingerprint density at radius 3 is 0.552 bits per heavy atom. The Morgan fingerprint density at radius 1 is 0.483 bits per heavy atom. The third kappa shape index (κ3) is 30.8. The van der Waals surface area contributed by atoms with E-state index in [-0.39, 0.29) is 23.1 Å². The Balaban J connectivity index is -0.0000000873. The molecule has 0 heterocycles. The fraction of sp³-hybridized carbons (Fsp3) is 0.500. The van der Waals surface area contributed by atoms with Gasteiger partial charge in [-0.3, -0.25) is 0 Å². The number of carboxylic acids is 4. The van der Waals surface area contributed by atoms with E-state index in [0.29, 0.717) is 0 Å². The average Bonchev–Trinajstić information content (AvgIpc) is 2.35. The van der Waals surface area contributed by atoms with Gasteiger partial charge in [0.05, 0.1) is 0 Å². The van der Waals surface area contributed by atoms with Gasteiger partial charge in [-0.05, 0) is 0 Å². The van der Waals surface area contributed by atoms with Crippen molar-refractivity contribution in [3.8, 4) is 0 Å². The summed E-state index contributed by atoms with van der Waals surface area (Å²) in [5, 5.41) is 31.8. The Bertz CT molecular complexity index is 436. The first-order valence-electron chi connectivity index (χ1n) is 4.94. The van der Waals surface area contributed by atoms with Gasteiger partial charge in [-0.2, -0.15) is 52.7 Å². The van der Waals surface area contributed by atoms with Crippen LogP contribution in [0.2, 0.25) is 0 Å². The summed E-state index contributed by atoms with van der Waals surface area (Å²) >= 11 is 0. The number of alkyl halides is 12. The van der Waals surface area contributed by atoms with Crippen molar-refractivity contribution in [2.24, 2.45) is 0 Å². The normalized spacial score (nSPS) is 10.9. The van der Waals surface area contributed by atoms with Crippen molar-refractivity contribution in [3.63, 3.8) is 0 Å². The van der Waals surface area contributed by atoms with Gasteiger partial charge >= 0.3 is 59.7 Å². The van der Waals surface area contributed by atoms with Crippen molar-refractivity contribution in [1.29, 1.82) is 0 Å². The molecule has 8 nitrogen and oxygen atoms in total. The Kier molecular flexibility index (Phi) is 18.0. The summed E-state index contributed by atoms with van der Waals surface area (Å²) in [5.74, 6) is -11.5. The summed E-state index contributed by atoms with van der Waals surface area (Å²) in [5.41, 5.74) is 0. The van der Waals surface area contributed by atoms with Crippen LogP contribution in [0.1, 0.15) is 0 Å². The number of hydrogen-bond acceptors (Lipinski definition) is 6. The van der Waals surface area contributed by atoms with E-state index >= 15 is 0 Å². The third-order valence-corrected chi connectivity index (χ3v) is 0.948. The first-order valence-corrected chi connectivity index (χ1v) is 4.94. The molecule has 21 heteroatoms. The molecule has 0 amide bonds. The minimum Gasteiger partial charge on any atom is -0.542 e. The molecule has 0 spiro atoms. The first-order chi connectivity index (χ1) is 11.8. The van der Waals surface area contributed by atoms with Crippen molar-refractivity contribution in [3.05, 3.63) is 0 Å². The molecule has 2 N–H and O–H groups in total. The fourth-order valence-corrected chi connectivity index (χ4v) is 0. The number of rotatable bonds is 0. The second-order valence-corrected chi connectivity index (χ2v) is 3.18. The predicted molar refractivity (Wildman–Crippen MR) is 55.3 cm³/mol. The monoisotopic (exact) mass is 478 g/mol. The summed E-state index contributed by atoms with van der Waals surface area (Å²) in [4.78, 5) is 35.4. The summed E-state index contributed by atoms with van der Waals surface area (Å²) in [7, 11) is 0. The first kappa shape index (κ1) is 37.5. The van der Waals surface area contributed by atoms with Crippen molar-refractivity contribution in [2.45, 2.75) is 24.7 Å². The Hall–Kier alpha value is -2.19. The molecule has 0 radical (unpaired) electrons. The van der Waals surface area contributed by atoms with Gasteiger partial charge in [0, 0.05) is 0 Å². The number of halogens is 12. The molecule has 0 aromatic rings. The molecule has 0 aliphatic rings. The van der Waals surface area contributed by atoms with Crippen molar-refractivity contribution >= 4 is 46.9 Å². The van der Waals surface area contributed by atoms with Crippen molar-refractivity contribution in [1.82, 2.24) is 0 Å². The van der Waals surface area contributed by atoms with Gasteiger partial charge in [0.2, 0.25) is 0 Å². The number of carboxylic acid groups (broad SMARTS) is 4. The molecule has 0 saturated carbocycles. The SMILES string of the molecule is O=C(O)C(F)(F)F.O=C(O)C(F)(F)F.O=C([O-])C(F)(F)F.O=C([O-])C(F)(F)F.[Mg+2]. The Morgan fingerprint density at radius 2 is 0.552 bits per heavy atom. The zero-order valence-electron chi connectivity index (χ0n) is 12.6. The second kappa shape index (κ2) is 13.9. The maximum Gasteiger partial charge on any atom is 2.00 e. The van der Waals surface area contributed by atoms with Crippen LogP contribution in [0.25, 0.3) is 0 Å². The van der Waals surface area contributed by atoms with E-state index in [1.165, 1.54) is 0 Å². The molecular formula is C8H2F12MgO8. The Labute approximate surface area is 164 Å². The molecule has 0 aliphatic heterocycles. The van der Waals surface area contributed by atoms with Gasteiger partial charge in [-0.15, -0.1) is 0 Å². The van der Waals surface area contributed by atoms with Crippen LogP contribution >= 0.6 is 0 Å². The summed E-state index contributed by atoms with van der Waals surface area (Å²) < 4.78 is 127. The molecular weight excluding hydrogens is 476 g/mol. The maximum atomic E-state index is 10.6. The number of aliphatic carboxylic acids is 4. The van der Waals surface area contributed by atoms with Crippen LogP contribution in [0.3, 0.4) is 0 Å². The van der Waals surface area contributed by atoms with Crippen LogP contribution < -0.4 is 10.2 Å². The van der Waals surface area contributed by atoms with E-state index < -0.39 is 48.6 Å². The van der Waals surface area contributed by atoms with E-state index in [0.717, 1.165) is 0 Å². The fourth-order valence-electron chi connectivity index (χ4n) is 0. The van der Waals surface area contributed by atoms with Crippen LogP contribution in [0.4, 0.5) is 52.7 Å². The van der Waals surface area contributed by atoms with Crippen molar-refractivity contribution < 1.29 is 92.3 Å². The van der Waals surface area contributed by atoms with E-state index in [2.05, 4.69) is 0 Å². The van der Waals surface area contributed by atoms with Gasteiger partial charge in [-0.1, -0.05) is 0 Å². The van der Waals surface area contributed by atoms with Gasteiger partial charge in [-0.25, -0.2) is 9.59 Å². The summed E-state index contributed by atoms with van der Waals surface area (Å²) in [6.07, 6.45) is -20.6. The van der Waals surface area contributed by atoms with E-state index in [1.54, 1.807) is 0 Å². The number of carbonyl (C=O) groups is 4. The van der Waals surface area contributed by atoms with Crippen LogP contribution in [-0.4, -0.2) is 81.8 Å². The maximum absolute atomic E-state index is 10.6. The molecule has 0 aliphatic carbocycles. The number of hydrogen-bond donors (Lipinski definition) is 2. The van der Waals surface area contributed by atoms with Gasteiger partial charge in [0.25, 0.3) is 0 Å². The molecule has 0 saturated heterocycles. The molecule has 0 bridgehead atoms.